The second-order valence-corrected chi connectivity index (χ2v) is 3.58. The predicted molar refractivity (Wildman–Crippen MR) is 51.4 cm³/mol. The fourth-order valence-electron chi connectivity index (χ4n) is 0.803. The zero-order valence-electron chi connectivity index (χ0n) is 6.20. The highest BCUT2D eigenvalue weighted by Gasteiger charge is 2.20. The van der Waals surface area contributed by atoms with Crippen LogP contribution >= 0.6 is 34.2 Å². The molecule has 0 aliphatic heterocycles. The van der Waals surface area contributed by atoms with Gasteiger partial charge >= 0.3 is 0 Å². The van der Waals surface area contributed by atoms with Crippen molar-refractivity contribution in [1.29, 1.82) is 0 Å². The van der Waals surface area contributed by atoms with Gasteiger partial charge in [-0.2, -0.15) is 4.39 Å². The maximum absolute atomic E-state index is 12.8. The highest BCUT2D eigenvalue weighted by atomic mass is 127. The quantitative estimate of drug-likeness (QED) is 0.461. The van der Waals surface area contributed by atoms with Crippen LogP contribution in [0.2, 0.25) is 0 Å². The average molecular weight is 321 g/mol. The van der Waals surface area contributed by atoms with Crippen molar-refractivity contribution in [3.63, 3.8) is 0 Å². The number of alkyl halides is 3. The third-order valence-corrected chi connectivity index (χ3v) is 3.00. The van der Waals surface area contributed by atoms with Crippen LogP contribution in [-0.4, -0.2) is 4.98 Å². The van der Waals surface area contributed by atoms with Crippen molar-refractivity contribution >= 4 is 34.2 Å². The molecule has 0 saturated heterocycles. The molecule has 0 bridgehead atoms. The molecule has 0 unspecified atom stereocenters. The van der Waals surface area contributed by atoms with Crippen molar-refractivity contribution in [2.24, 2.45) is 0 Å². The first kappa shape index (κ1) is 11.0. The van der Waals surface area contributed by atoms with Crippen molar-refractivity contribution < 1.29 is 13.2 Å². The highest BCUT2D eigenvalue weighted by molar-refractivity contribution is 14.1. The summed E-state index contributed by atoms with van der Waals surface area (Å²) in [6.07, 6.45) is -1.70. The van der Waals surface area contributed by atoms with E-state index in [1.165, 1.54) is 0 Å². The van der Waals surface area contributed by atoms with Crippen molar-refractivity contribution in [2.45, 2.75) is 12.3 Å². The van der Waals surface area contributed by atoms with Gasteiger partial charge < -0.3 is 0 Å². The van der Waals surface area contributed by atoms with E-state index in [2.05, 4.69) is 4.98 Å². The molecule has 1 heterocycles. The van der Waals surface area contributed by atoms with Gasteiger partial charge in [0, 0.05) is 15.6 Å². The van der Waals surface area contributed by atoms with Gasteiger partial charge in [0.1, 0.15) is 0 Å². The number of aromatic nitrogens is 1. The van der Waals surface area contributed by atoms with Gasteiger partial charge in [0.15, 0.2) is 0 Å². The Kier molecular flexibility index (Phi) is 3.78. The Bertz CT molecular complexity index is 319. The number of rotatable bonds is 2. The number of nitrogens with zero attached hydrogens (tertiary/aromatic N) is 1. The molecule has 1 nitrogen and oxygen atoms in total. The van der Waals surface area contributed by atoms with Crippen LogP contribution in [0.1, 0.15) is 17.6 Å². The van der Waals surface area contributed by atoms with Crippen molar-refractivity contribution in [3.05, 3.63) is 26.8 Å². The lowest BCUT2D eigenvalue weighted by Gasteiger charge is -2.06. The van der Waals surface area contributed by atoms with E-state index in [0.717, 1.165) is 6.20 Å². The van der Waals surface area contributed by atoms with Gasteiger partial charge in [-0.05, 0) is 28.2 Å². The third-order valence-electron chi connectivity index (χ3n) is 1.44. The fourth-order valence-corrected chi connectivity index (χ4v) is 2.02. The fraction of sp³-hybridized carbons (Fsp3) is 0.286. The molecule has 1 rings (SSSR count). The molecule has 72 valence electrons. The van der Waals surface area contributed by atoms with E-state index in [-0.39, 0.29) is 9.45 Å². The molecule has 0 aromatic carbocycles. The van der Waals surface area contributed by atoms with E-state index >= 15 is 0 Å². The molecule has 0 aliphatic carbocycles. The number of hydrogen-bond donors (Lipinski definition) is 0. The van der Waals surface area contributed by atoms with Crippen LogP contribution in [0, 0.1) is 9.52 Å². The summed E-state index contributed by atoms with van der Waals surface area (Å²) in [6.45, 7) is 0. The molecule has 6 heteroatoms. The van der Waals surface area contributed by atoms with Gasteiger partial charge in [0.25, 0.3) is 6.43 Å². The molecule has 1 aromatic rings. The van der Waals surface area contributed by atoms with Crippen LogP contribution < -0.4 is 0 Å². The van der Waals surface area contributed by atoms with Gasteiger partial charge in [0.2, 0.25) is 5.95 Å². The molecule has 0 radical (unpaired) electrons. The number of halogens is 5. The maximum Gasteiger partial charge on any atom is 0.269 e. The van der Waals surface area contributed by atoms with E-state index in [9.17, 15) is 13.2 Å². The number of pyridine rings is 1. The minimum absolute atomic E-state index is 0.0469. The van der Waals surface area contributed by atoms with Gasteiger partial charge in [-0.15, -0.1) is 11.6 Å². The third kappa shape index (κ3) is 2.25. The Morgan fingerprint density at radius 3 is 2.62 bits per heavy atom. The van der Waals surface area contributed by atoms with E-state index in [0.29, 0.717) is 5.56 Å². The summed E-state index contributed by atoms with van der Waals surface area (Å²) >= 11 is 7.09. The highest BCUT2D eigenvalue weighted by Crippen LogP contribution is 2.28. The lowest BCUT2D eigenvalue weighted by molar-refractivity contribution is 0.144. The van der Waals surface area contributed by atoms with Gasteiger partial charge in [-0.1, -0.05) is 0 Å². The molecule has 0 atom stereocenters. The number of hydrogen-bond acceptors (Lipinski definition) is 1. The first-order valence-electron chi connectivity index (χ1n) is 3.24. The summed E-state index contributed by atoms with van der Waals surface area (Å²) in [7, 11) is 0. The van der Waals surface area contributed by atoms with Crippen LogP contribution in [0.4, 0.5) is 13.2 Å². The molecule has 0 amide bonds. The SMILES string of the molecule is Fc1ncc(CCl)c(I)c1C(F)F. The molecular formula is C7H4ClF3IN. The molecule has 0 aliphatic rings. The van der Waals surface area contributed by atoms with E-state index in [1.807, 2.05) is 0 Å². The predicted octanol–water partition coefficient (Wildman–Crippen LogP) is 3.50. The largest absolute Gasteiger partial charge is 0.269 e. The van der Waals surface area contributed by atoms with Crippen LogP contribution in [0.3, 0.4) is 0 Å². The van der Waals surface area contributed by atoms with Crippen molar-refractivity contribution in [3.8, 4) is 0 Å². The van der Waals surface area contributed by atoms with Crippen molar-refractivity contribution in [1.82, 2.24) is 4.98 Å². The maximum atomic E-state index is 12.8. The lowest BCUT2D eigenvalue weighted by atomic mass is 10.2. The second kappa shape index (κ2) is 4.45. The molecule has 1 aromatic heterocycles. The average Bonchev–Trinajstić information content (AvgIpc) is 2.04. The topological polar surface area (TPSA) is 12.9 Å². The van der Waals surface area contributed by atoms with E-state index < -0.39 is 17.9 Å². The summed E-state index contributed by atoms with van der Waals surface area (Å²) in [5.41, 5.74) is -0.252. The standard InChI is InChI=1S/C7H4ClF3IN/c8-1-3-2-13-7(11)4(5(3)12)6(9)10/h2,6H,1H2. The zero-order valence-corrected chi connectivity index (χ0v) is 9.11. The van der Waals surface area contributed by atoms with Crippen LogP contribution in [0.5, 0.6) is 0 Å². The summed E-state index contributed by atoms with van der Waals surface area (Å²) in [5.74, 6) is -1.08. The summed E-state index contributed by atoms with van der Waals surface area (Å²) in [6, 6.07) is 0. The van der Waals surface area contributed by atoms with Crippen LogP contribution in [0.15, 0.2) is 6.20 Å². The Hall–Kier alpha value is -0.0400. The summed E-state index contributed by atoms with van der Waals surface area (Å²) < 4.78 is 37.5. The van der Waals surface area contributed by atoms with Gasteiger partial charge in [-0.25, -0.2) is 13.8 Å². The molecule has 0 spiro atoms. The minimum atomic E-state index is -2.86. The lowest BCUT2D eigenvalue weighted by Crippen LogP contribution is -2.01. The Labute approximate surface area is 91.4 Å². The molecule has 0 N–H and O–H groups in total. The van der Waals surface area contributed by atoms with E-state index in [1.54, 1.807) is 22.6 Å². The summed E-state index contributed by atoms with van der Waals surface area (Å²) in [4.78, 5) is 3.20. The first-order chi connectivity index (χ1) is 6.07. The normalized spacial score (nSPS) is 10.9. The van der Waals surface area contributed by atoms with E-state index in [4.69, 9.17) is 11.6 Å². The first-order valence-corrected chi connectivity index (χ1v) is 4.86. The molecular weight excluding hydrogens is 317 g/mol. The molecule has 13 heavy (non-hydrogen) atoms. The molecule has 0 saturated carbocycles. The Morgan fingerprint density at radius 2 is 2.15 bits per heavy atom. The van der Waals surface area contributed by atoms with Gasteiger partial charge in [0.05, 0.1) is 5.56 Å². The van der Waals surface area contributed by atoms with Gasteiger partial charge in [-0.3, -0.25) is 0 Å². The minimum Gasteiger partial charge on any atom is -0.228 e. The summed E-state index contributed by atoms with van der Waals surface area (Å²) in [5, 5.41) is 0. The Morgan fingerprint density at radius 1 is 1.54 bits per heavy atom. The monoisotopic (exact) mass is 321 g/mol. The zero-order chi connectivity index (χ0) is 10.0. The molecule has 0 fully saturated rings. The van der Waals surface area contributed by atoms with Crippen molar-refractivity contribution in [2.75, 3.05) is 0 Å². The smallest absolute Gasteiger partial charge is 0.228 e. The Balaban J connectivity index is 3.30. The van der Waals surface area contributed by atoms with Crippen LogP contribution in [-0.2, 0) is 5.88 Å². The van der Waals surface area contributed by atoms with Crippen LogP contribution in [0.25, 0.3) is 0 Å². The second-order valence-electron chi connectivity index (χ2n) is 2.24.